The molecule has 0 unspecified atom stereocenters. The number of halogens is 2. The van der Waals surface area contributed by atoms with Crippen molar-refractivity contribution in [3.05, 3.63) is 94.0 Å². The monoisotopic (exact) mass is 615 g/mol. The van der Waals surface area contributed by atoms with Gasteiger partial charge in [0.2, 0.25) is 11.8 Å². The van der Waals surface area contributed by atoms with Crippen LogP contribution in [0.2, 0.25) is 10.0 Å². The molecule has 7 nitrogen and oxygen atoms in total. The number of aryl methyl sites for hydroxylation is 1. The maximum absolute atomic E-state index is 14.2. The van der Waals surface area contributed by atoms with Gasteiger partial charge in [0.25, 0.3) is 10.0 Å². The number of hydrogen-bond donors (Lipinski definition) is 1. The molecule has 3 aromatic carbocycles. The minimum atomic E-state index is -4.23. The molecule has 10 heteroatoms. The van der Waals surface area contributed by atoms with E-state index in [9.17, 15) is 18.0 Å². The Bertz CT molecular complexity index is 1480. The molecule has 1 fully saturated rings. The van der Waals surface area contributed by atoms with Gasteiger partial charge in [-0.25, -0.2) is 8.42 Å². The van der Waals surface area contributed by atoms with Gasteiger partial charge in [-0.15, -0.1) is 0 Å². The van der Waals surface area contributed by atoms with Gasteiger partial charge in [-0.05, 0) is 56.0 Å². The molecule has 1 aliphatic carbocycles. The average Bonchev–Trinajstić information content (AvgIpc) is 3.46. The summed E-state index contributed by atoms with van der Waals surface area (Å²) >= 11 is 12.8. The van der Waals surface area contributed by atoms with Gasteiger partial charge < -0.3 is 10.2 Å². The smallest absolute Gasteiger partial charge is 0.264 e. The van der Waals surface area contributed by atoms with Crippen molar-refractivity contribution in [3.63, 3.8) is 0 Å². The molecule has 1 atom stereocenters. The normalized spacial score (nSPS) is 14.4. The second kappa shape index (κ2) is 13.7. The Morgan fingerprint density at radius 3 is 2.32 bits per heavy atom. The summed E-state index contributed by atoms with van der Waals surface area (Å²) in [7, 11) is -4.23. The van der Waals surface area contributed by atoms with Crippen molar-refractivity contribution < 1.29 is 18.0 Å². The van der Waals surface area contributed by atoms with Crippen LogP contribution < -0.4 is 9.62 Å². The molecule has 41 heavy (non-hydrogen) atoms. The highest BCUT2D eigenvalue weighted by molar-refractivity contribution is 7.92. The summed E-state index contributed by atoms with van der Waals surface area (Å²) in [6.45, 7) is 3.37. The molecule has 1 N–H and O–H groups in total. The van der Waals surface area contributed by atoms with Crippen molar-refractivity contribution in [2.24, 2.45) is 0 Å². The summed E-state index contributed by atoms with van der Waals surface area (Å²) in [5.41, 5.74) is 1.93. The van der Waals surface area contributed by atoms with Crippen LogP contribution in [0.1, 0.15) is 50.2 Å². The van der Waals surface area contributed by atoms with Crippen molar-refractivity contribution in [3.8, 4) is 0 Å². The lowest BCUT2D eigenvalue weighted by Crippen LogP contribution is -2.53. The fourth-order valence-corrected chi connectivity index (χ4v) is 7.11. The number of amides is 2. The highest BCUT2D eigenvalue weighted by Crippen LogP contribution is 2.35. The Labute approximate surface area is 252 Å². The lowest BCUT2D eigenvalue weighted by Gasteiger charge is -2.34. The topological polar surface area (TPSA) is 86.8 Å². The lowest BCUT2D eigenvalue weighted by molar-refractivity contribution is -0.140. The van der Waals surface area contributed by atoms with Crippen LogP contribution in [0.25, 0.3) is 0 Å². The Kier molecular flexibility index (Phi) is 10.3. The number of anilines is 1. The number of sulfonamides is 1. The second-order valence-corrected chi connectivity index (χ2v) is 13.0. The molecule has 1 saturated carbocycles. The molecule has 1 aliphatic rings. The van der Waals surface area contributed by atoms with Crippen LogP contribution in [0.4, 0.5) is 5.69 Å². The van der Waals surface area contributed by atoms with Gasteiger partial charge in [0.05, 0.1) is 20.6 Å². The van der Waals surface area contributed by atoms with Crippen LogP contribution >= 0.6 is 23.2 Å². The van der Waals surface area contributed by atoms with Crippen LogP contribution in [0, 0.1) is 6.92 Å². The minimum Gasteiger partial charge on any atom is -0.352 e. The molecule has 0 aliphatic heterocycles. The molecule has 0 bridgehead atoms. The maximum atomic E-state index is 14.2. The van der Waals surface area contributed by atoms with Gasteiger partial charge in [-0.2, -0.15) is 0 Å². The molecule has 4 rings (SSSR count). The predicted molar refractivity (Wildman–Crippen MR) is 164 cm³/mol. The number of carbonyl (C=O) groups is 2. The van der Waals surface area contributed by atoms with E-state index in [1.807, 2.05) is 38.1 Å². The van der Waals surface area contributed by atoms with E-state index in [0.29, 0.717) is 6.42 Å². The first-order valence-corrected chi connectivity index (χ1v) is 16.0. The Balaban J connectivity index is 1.74. The zero-order valence-electron chi connectivity index (χ0n) is 23.2. The van der Waals surface area contributed by atoms with E-state index in [1.165, 1.54) is 23.1 Å². The average molecular weight is 617 g/mol. The Hall–Kier alpha value is -3.07. The summed E-state index contributed by atoms with van der Waals surface area (Å²) < 4.78 is 28.8. The van der Waals surface area contributed by atoms with Gasteiger partial charge in [0, 0.05) is 12.6 Å². The first kappa shape index (κ1) is 30.9. The van der Waals surface area contributed by atoms with Crippen LogP contribution in [-0.2, 0) is 26.2 Å². The van der Waals surface area contributed by atoms with Crippen LogP contribution in [-0.4, -0.2) is 43.8 Å². The first-order valence-electron chi connectivity index (χ1n) is 13.8. The largest absolute Gasteiger partial charge is 0.352 e. The van der Waals surface area contributed by atoms with Crippen LogP contribution in [0.3, 0.4) is 0 Å². The number of hydrogen-bond acceptors (Lipinski definition) is 4. The number of benzene rings is 3. The molecular formula is C31H35Cl2N3O4S. The van der Waals surface area contributed by atoms with E-state index in [0.717, 1.165) is 41.1 Å². The summed E-state index contributed by atoms with van der Waals surface area (Å²) in [6, 6.07) is 19.5. The van der Waals surface area contributed by atoms with Crippen LogP contribution in [0.15, 0.2) is 77.7 Å². The van der Waals surface area contributed by atoms with Crippen molar-refractivity contribution in [1.29, 1.82) is 0 Å². The van der Waals surface area contributed by atoms with Crippen molar-refractivity contribution in [2.45, 2.75) is 69.5 Å². The highest BCUT2D eigenvalue weighted by Gasteiger charge is 2.35. The molecule has 0 saturated heterocycles. The van der Waals surface area contributed by atoms with Gasteiger partial charge in [-0.1, -0.05) is 97.1 Å². The number of nitrogens with zero attached hydrogens (tertiary/aromatic N) is 2. The van der Waals surface area contributed by atoms with Gasteiger partial charge in [0.1, 0.15) is 12.6 Å². The van der Waals surface area contributed by atoms with Gasteiger partial charge >= 0.3 is 0 Å². The van der Waals surface area contributed by atoms with E-state index in [4.69, 9.17) is 23.2 Å². The summed E-state index contributed by atoms with van der Waals surface area (Å²) in [6.07, 6.45) is 4.29. The Morgan fingerprint density at radius 2 is 1.66 bits per heavy atom. The molecule has 0 spiro atoms. The van der Waals surface area contributed by atoms with Crippen molar-refractivity contribution >= 4 is 50.7 Å². The Morgan fingerprint density at radius 1 is 0.976 bits per heavy atom. The molecule has 3 aromatic rings. The zero-order chi connectivity index (χ0) is 29.6. The fraction of sp³-hybridized carbons (Fsp3) is 0.355. The van der Waals surface area contributed by atoms with E-state index in [2.05, 4.69) is 5.32 Å². The predicted octanol–water partition coefficient (Wildman–Crippen LogP) is 6.36. The quantitative estimate of drug-likeness (QED) is 0.272. The fourth-order valence-electron chi connectivity index (χ4n) is 5.21. The lowest BCUT2D eigenvalue weighted by atomic mass is 10.1. The third-order valence-electron chi connectivity index (χ3n) is 7.33. The molecular weight excluding hydrogens is 581 g/mol. The second-order valence-electron chi connectivity index (χ2n) is 10.3. The standard InChI is InChI=1S/C31H35Cl2N3O4S/c1-3-27(31(38)34-24-13-7-8-14-24)35(20-23-12-9-11-22(2)19-23)29(37)21-36(28-18-10-17-26(32)30(28)33)41(39,40)25-15-5-4-6-16-25/h4-6,9-12,15-19,24,27H,3,7-8,13-14,20-21H2,1-2H3,(H,34,38)/t27-/m0/s1. The molecule has 0 aromatic heterocycles. The number of rotatable bonds is 11. The van der Waals surface area contributed by atoms with Crippen molar-refractivity contribution in [2.75, 3.05) is 10.8 Å². The van der Waals surface area contributed by atoms with E-state index < -0.39 is 28.5 Å². The molecule has 2 amide bonds. The van der Waals surface area contributed by atoms with Crippen molar-refractivity contribution in [1.82, 2.24) is 10.2 Å². The third-order valence-corrected chi connectivity index (χ3v) is 9.92. The number of nitrogens with one attached hydrogen (secondary N) is 1. The van der Waals surface area contributed by atoms with Crippen LogP contribution in [0.5, 0.6) is 0 Å². The molecule has 218 valence electrons. The van der Waals surface area contributed by atoms with E-state index in [1.54, 1.807) is 30.3 Å². The van der Waals surface area contributed by atoms with E-state index in [-0.39, 0.29) is 39.1 Å². The highest BCUT2D eigenvalue weighted by atomic mass is 35.5. The summed E-state index contributed by atoms with van der Waals surface area (Å²) in [5.74, 6) is -0.769. The zero-order valence-corrected chi connectivity index (χ0v) is 25.6. The molecule has 0 radical (unpaired) electrons. The van der Waals surface area contributed by atoms with Gasteiger partial charge in [-0.3, -0.25) is 13.9 Å². The first-order chi connectivity index (χ1) is 19.6. The van der Waals surface area contributed by atoms with Gasteiger partial charge in [0.15, 0.2) is 0 Å². The minimum absolute atomic E-state index is 0.0000873. The SMILES string of the molecule is CC[C@@H](C(=O)NC1CCCC1)N(Cc1cccc(C)c1)C(=O)CN(c1cccc(Cl)c1Cl)S(=O)(=O)c1ccccc1. The summed E-state index contributed by atoms with van der Waals surface area (Å²) in [5, 5.41) is 3.28. The third kappa shape index (κ3) is 7.42. The maximum Gasteiger partial charge on any atom is 0.264 e. The molecule has 0 heterocycles. The number of carbonyl (C=O) groups excluding carboxylic acids is 2. The van der Waals surface area contributed by atoms with E-state index >= 15 is 0 Å². The summed E-state index contributed by atoms with van der Waals surface area (Å²) in [4.78, 5) is 29.2.